The number of nitriles is 2. The number of nitrogens with zero attached hydrogens (tertiary/aromatic N) is 2. The maximum Gasteiger partial charge on any atom is 0.308 e. The zero-order valence-electron chi connectivity index (χ0n) is 13.8. The van der Waals surface area contributed by atoms with Crippen molar-refractivity contribution in [3.8, 4) is 34.8 Å². The molecule has 0 amide bonds. The standard InChI is InChI=1S/C17H13ClN4O4/c1-3-25-13-5-9(4-12(18)15(13)26-8(2)23)14-10(6-19)16(21)22-17(24)11(14)7-20/h4-5H,3H2,1-2H3,(H3,21,22,24). The van der Waals surface area contributed by atoms with Gasteiger partial charge in [0, 0.05) is 12.5 Å². The Balaban J connectivity index is 2.87. The van der Waals surface area contributed by atoms with Gasteiger partial charge in [-0.1, -0.05) is 11.6 Å². The van der Waals surface area contributed by atoms with Gasteiger partial charge in [0.1, 0.15) is 29.1 Å². The monoisotopic (exact) mass is 372 g/mol. The third-order valence-corrected chi connectivity index (χ3v) is 3.59. The van der Waals surface area contributed by atoms with Crippen molar-refractivity contribution >= 4 is 23.4 Å². The van der Waals surface area contributed by atoms with E-state index in [4.69, 9.17) is 26.8 Å². The van der Waals surface area contributed by atoms with Crippen LogP contribution in [0.4, 0.5) is 5.82 Å². The van der Waals surface area contributed by atoms with E-state index in [0.717, 1.165) is 0 Å². The molecular formula is C17H13ClN4O4. The molecule has 0 unspecified atom stereocenters. The van der Waals surface area contributed by atoms with E-state index in [1.807, 2.05) is 6.07 Å². The van der Waals surface area contributed by atoms with Gasteiger partial charge in [-0.15, -0.1) is 0 Å². The first-order chi connectivity index (χ1) is 12.3. The Kier molecular flexibility index (Phi) is 5.51. The Morgan fingerprint density at radius 3 is 2.50 bits per heavy atom. The van der Waals surface area contributed by atoms with Crippen LogP contribution in [0.15, 0.2) is 16.9 Å². The molecule has 0 spiro atoms. The normalized spacial score (nSPS) is 9.88. The van der Waals surface area contributed by atoms with Crippen molar-refractivity contribution < 1.29 is 14.3 Å². The number of aromatic amines is 1. The van der Waals surface area contributed by atoms with Gasteiger partial charge in [0.15, 0.2) is 11.5 Å². The Morgan fingerprint density at radius 1 is 1.31 bits per heavy atom. The number of hydrogen-bond donors (Lipinski definition) is 2. The van der Waals surface area contributed by atoms with Gasteiger partial charge in [-0.05, 0) is 24.6 Å². The zero-order chi connectivity index (χ0) is 19.4. The molecule has 0 atom stereocenters. The number of nitrogen functional groups attached to an aromatic ring is 1. The molecule has 1 heterocycles. The number of carbonyl (C=O) groups is 1. The number of nitrogens with one attached hydrogen (secondary N) is 1. The Labute approximate surface area is 153 Å². The average molecular weight is 373 g/mol. The molecule has 9 heteroatoms. The molecule has 26 heavy (non-hydrogen) atoms. The molecule has 0 aliphatic rings. The van der Waals surface area contributed by atoms with Crippen LogP contribution in [0.3, 0.4) is 0 Å². The van der Waals surface area contributed by atoms with Gasteiger partial charge >= 0.3 is 5.97 Å². The minimum absolute atomic E-state index is 0.000375. The second kappa shape index (κ2) is 7.60. The number of aromatic nitrogens is 1. The van der Waals surface area contributed by atoms with Crippen molar-refractivity contribution in [1.82, 2.24) is 4.98 Å². The summed E-state index contributed by atoms with van der Waals surface area (Å²) < 4.78 is 10.5. The number of esters is 1. The maximum absolute atomic E-state index is 12.0. The fraction of sp³-hybridized carbons (Fsp3) is 0.176. The summed E-state index contributed by atoms with van der Waals surface area (Å²) in [6.07, 6.45) is 0. The average Bonchev–Trinajstić information content (AvgIpc) is 2.57. The van der Waals surface area contributed by atoms with E-state index in [9.17, 15) is 20.1 Å². The number of pyridine rings is 1. The number of anilines is 1. The zero-order valence-corrected chi connectivity index (χ0v) is 14.6. The third kappa shape index (κ3) is 3.46. The van der Waals surface area contributed by atoms with E-state index in [-0.39, 0.29) is 51.2 Å². The van der Waals surface area contributed by atoms with E-state index >= 15 is 0 Å². The molecule has 1 aromatic heterocycles. The summed E-state index contributed by atoms with van der Waals surface area (Å²) in [5, 5.41) is 18.7. The van der Waals surface area contributed by atoms with Crippen LogP contribution < -0.4 is 20.8 Å². The molecule has 0 bridgehead atoms. The van der Waals surface area contributed by atoms with Crippen molar-refractivity contribution in [2.75, 3.05) is 12.3 Å². The fourth-order valence-electron chi connectivity index (χ4n) is 2.35. The SMILES string of the molecule is CCOc1cc(-c2c(C#N)c(N)[nH]c(=O)c2C#N)cc(Cl)c1OC(C)=O. The van der Waals surface area contributed by atoms with Crippen LogP contribution in [0.2, 0.25) is 5.02 Å². The van der Waals surface area contributed by atoms with E-state index in [2.05, 4.69) is 4.98 Å². The minimum Gasteiger partial charge on any atom is -0.490 e. The van der Waals surface area contributed by atoms with Crippen LogP contribution in [0, 0.1) is 22.7 Å². The van der Waals surface area contributed by atoms with Crippen molar-refractivity contribution in [2.24, 2.45) is 0 Å². The second-order valence-corrected chi connectivity index (χ2v) is 5.44. The van der Waals surface area contributed by atoms with Gasteiger partial charge < -0.3 is 20.2 Å². The number of hydrogen-bond acceptors (Lipinski definition) is 7. The van der Waals surface area contributed by atoms with E-state index in [1.54, 1.807) is 13.0 Å². The number of halogens is 1. The summed E-state index contributed by atoms with van der Waals surface area (Å²) in [5.41, 5.74) is 4.86. The van der Waals surface area contributed by atoms with Crippen molar-refractivity contribution in [1.29, 1.82) is 10.5 Å². The molecule has 0 fully saturated rings. The Bertz CT molecular complexity index is 1030. The summed E-state index contributed by atoms with van der Waals surface area (Å²) in [5.74, 6) is -0.655. The predicted octanol–water partition coefficient (Wildman–Crippen LogP) is 2.34. The van der Waals surface area contributed by atoms with E-state index < -0.39 is 11.5 Å². The van der Waals surface area contributed by atoms with Gasteiger partial charge in [0.05, 0.1) is 11.6 Å². The lowest BCUT2D eigenvalue weighted by atomic mass is 9.96. The number of rotatable bonds is 4. The molecule has 1 aromatic carbocycles. The third-order valence-electron chi connectivity index (χ3n) is 3.31. The largest absolute Gasteiger partial charge is 0.490 e. The van der Waals surface area contributed by atoms with Crippen molar-refractivity contribution in [3.05, 3.63) is 38.6 Å². The summed E-state index contributed by atoms with van der Waals surface area (Å²) in [4.78, 5) is 25.6. The minimum atomic E-state index is -0.739. The van der Waals surface area contributed by atoms with E-state index in [0.29, 0.717) is 0 Å². The molecule has 2 rings (SSSR count). The van der Waals surface area contributed by atoms with Crippen LogP contribution in [-0.4, -0.2) is 17.6 Å². The van der Waals surface area contributed by atoms with Crippen LogP contribution >= 0.6 is 11.6 Å². The van der Waals surface area contributed by atoms with Gasteiger partial charge in [0.25, 0.3) is 5.56 Å². The Hall–Kier alpha value is -3.49. The molecule has 0 aliphatic carbocycles. The van der Waals surface area contributed by atoms with Crippen molar-refractivity contribution in [3.63, 3.8) is 0 Å². The van der Waals surface area contributed by atoms with E-state index in [1.165, 1.54) is 19.1 Å². The molecule has 0 saturated heterocycles. The molecule has 8 nitrogen and oxygen atoms in total. The Morgan fingerprint density at radius 2 is 1.96 bits per heavy atom. The molecule has 132 valence electrons. The predicted molar refractivity (Wildman–Crippen MR) is 93.8 cm³/mol. The number of carbonyl (C=O) groups excluding carboxylic acids is 1. The smallest absolute Gasteiger partial charge is 0.308 e. The lowest BCUT2D eigenvalue weighted by Gasteiger charge is -2.15. The summed E-state index contributed by atoms with van der Waals surface area (Å²) in [6, 6.07) is 6.41. The van der Waals surface area contributed by atoms with Gasteiger partial charge in [-0.3, -0.25) is 9.59 Å². The van der Waals surface area contributed by atoms with Crippen LogP contribution in [0.1, 0.15) is 25.0 Å². The molecule has 0 radical (unpaired) electrons. The number of ether oxygens (including phenoxy) is 2. The summed E-state index contributed by atoms with van der Waals surface area (Å²) in [6.45, 7) is 3.16. The number of benzene rings is 1. The lowest BCUT2D eigenvalue weighted by molar-refractivity contribution is -0.132. The topological polar surface area (TPSA) is 142 Å². The maximum atomic E-state index is 12.0. The molecule has 2 aromatic rings. The molecule has 3 N–H and O–H groups in total. The molecule has 0 saturated carbocycles. The first-order valence-corrected chi connectivity index (χ1v) is 7.72. The quantitative estimate of drug-likeness (QED) is 0.619. The summed E-state index contributed by atoms with van der Waals surface area (Å²) in [7, 11) is 0. The number of H-pyrrole nitrogens is 1. The van der Waals surface area contributed by atoms with Gasteiger partial charge in [0.2, 0.25) is 0 Å². The van der Waals surface area contributed by atoms with Crippen LogP contribution in [0.25, 0.3) is 11.1 Å². The highest BCUT2D eigenvalue weighted by molar-refractivity contribution is 6.32. The summed E-state index contributed by atoms with van der Waals surface area (Å²) >= 11 is 6.19. The van der Waals surface area contributed by atoms with Crippen molar-refractivity contribution in [2.45, 2.75) is 13.8 Å². The van der Waals surface area contributed by atoms with Crippen LogP contribution in [0.5, 0.6) is 11.5 Å². The highest BCUT2D eigenvalue weighted by Gasteiger charge is 2.22. The first-order valence-electron chi connectivity index (χ1n) is 7.35. The molecule has 0 aliphatic heterocycles. The van der Waals surface area contributed by atoms with Crippen LogP contribution in [-0.2, 0) is 4.79 Å². The van der Waals surface area contributed by atoms with Gasteiger partial charge in [-0.25, -0.2) is 0 Å². The highest BCUT2D eigenvalue weighted by Crippen LogP contribution is 2.41. The number of nitrogens with two attached hydrogens (primary N) is 1. The highest BCUT2D eigenvalue weighted by atomic mass is 35.5. The van der Waals surface area contributed by atoms with Gasteiger partial charge in [-0.2, -0.15) is 10.5 Å². The molecular weight excluding hydrogens is 360 g/mol. The fourth-order valence-corrected chi connectivity index (χ4v) is 2.60. The first kappa shape index (κ1) is 18.8. The second-order valence-electron chi connectivity index (χ2n) is 5.03. The lowest BCUT2D eigenvalue weighted by Crippen LogP contribution is -2.16.